The number of hydrogen-bond donors (Lipinski definition) is 1. The van der Waals surface area contributed by atoms with Gasteiger partial charge in [0.15, 0.2) is 0 Å². The lowest BCUT2D eigenvalue weighted by Gasteiger charge is -2.15. The third kappa shape index (κ3) is 3.61. The molecule has 21 heavy (non-hydrogen) atoms. The molecule has 0 amide bonds. The average molecular weight is 294 g/mol. The van der Waals surface area contributed by atoms with Crippen LogP contribution < -0.4 is 5.73 Å². The lowest BCUT2D eigenvalue weighted by molar-refractivity contribution is -0.137. The number of rotatable bonds is 4. The van der Waals surface area contributed by atoms with Crippen molar-refractivity contribution >= 4 is 0 Å². The summed E-state index contributed by atoms with van der Waals surface area (Å²) in [6.07, 6.45) is -0.467. The molecule has 1 heterocycles. The Labute approximate surface area is 121 Å². The molecule has 5 heteroatoms. The number of benzene rings is 1. The normalized spacial score (nSPS) is 13.2. The van der Waals surface area contributed by atoms with Crippen LogP contribution >= 0.6 is 0 Å². The molecule has 0 aliphatic carbocycles. The average Bonchev–Trinajstić information content (AvgIpc) is 2.47. The van der Waals surface area contributed by atoms with E-state index in [1.54, 1.807) is 18.3 Å². The first kappa shape index (κ1) is 15.5. The van der Waals surface area contributed by atoms with E-state index in [9.17, 15) is 13.2 Å². The van der Waals surface area contributed by atoms with E-state index in [1.807, 2.05) is 6.92 Å². The van der Waals surface area contributed by atoms with Gasteiger partial charge >= 0.3 is 6.18 Å². The van der Waals surface area contributed by atoms with Crippen molar-refractivity contribution in [3.8, 4) is 11.1 Å². The lowest BCUT2D eigenvalue weighted by atomic mass is 9.94. The monoisotopic (exact) mass is 294 g/mol. The van der Waals surface area contributed by atoms with Crippen LogP contribution in [0, 0.1) is 0 Å². The van der Waals surface area contributed by atoms with Crippen molar-refractivity contribution in [3.05, 3.63) is 53.9 Å². The highest BCUT2D eigenvalue weighted by atomic mass is 19.4. The number of halogens is 3. The van der Waals surface area contributed by atoms with Gasteiger partial charge in [0, 0.05) is 18.0 Å². The van der Waals surface area contributed by atoms with Gasteiger partial charge in [0.05, 0.1) is 5.56 Å². The third-order valence-corrected chi connectivity index (χ3v) is 3.47. The van der Waals surface area contributed by atoms with Crippen molar-refractivity contribution in [1.29, 1.82) is 0 Å². The van der Waals surface area contributed by atoms with Gasteiger partial charge in [-0.3, -0.25) is 4.98 Å². The van der Waals surface area contributed by atoms with Gasteiger partial charge in [-0.25, -0.2) is 0 Å². The summed E-state index contributed by atoms with van der Waals surface area (Å²) in [6, 6.07) is 7.31. The van der Waals surface area contributed by atoms with E-state index in [-0.39, 0.29) is 11.5 Å². The van der Waals surface area contributed by atoms with Gasteiger partial charge in [0.1, 0.15) is 0 Å². The molecule has 112 valence electrons. The molecule has 0 radical (unpaired) electrons. The molecule has 2 aromatic rings. The van der Waals surface area contributed by atoms with Gasteiger partial charge in [0.25, 0.3) is 0 Å². The number of nitrogens with zero attached hydrogens (tertiary/aromatic N) is 1. The van der Waals surface area contributed by atoms with Crippen LogP contribution in [0.3, 0.4) is 0 Å². The lowest BCUT2D eigenvalue weighted by Crippen LogP contribution is -2.08. The third-order valence-electron chi connectivity index (χ3n) is 3.47. The molecule has 1 aromatic carbocycles. The van der Waals surface area contributed by atoms with Crippen LogP contribution in [0.2, 0.25) is 0 Å². The molecule has 0 saturated heterocycles. The van der Waals surface area contributed by atoms with Gasteiger partial charge in [-0.1, -0.05) is 25.1 Å². The standard InChI is InChI=1S/C16H17F3N2/c1-11(6-7-20)12-8-13(10-21-9-12)14-4-2-3-5-15(14)16(17,18)19/h2-5,8-11H,6-7,20H2,1H3. The molecule has 0 saturated carbocycles. The molecule has 0 aliphatic rings. The quantitative estimate of drug-likeness (QED) is 0.917. The minimum atomic E-state index is -4.38. The van der Waals surface area contributed by atoms with Crippen molar-refractivity contribution < 1.29 is 13.2 Å². The molecule has 0 fully saturated rings. The minimum absolute atomic E-state index is 0.152. The fraction of sp³-hybridized carbons (Fsp3) is 0.312. The Balaban J connectivity index is 2.46. The fourth-order valence-electron chi connectivity index (χ4n) is 2.27. The highest BCUT2D eigenvalue weighted by Crippen LogP contribution is 2.37. The summed E-state index contributed by atoms with van der Waals surface area (Å²) in [7, 11) is 0. The van der Waals surface area contributed by atoms with E-state index in [1.165, 1.54) is 18.3 Å². The molecule has 2 N–H and O–H groups in total. The molecular weight excluding hydrogens is 277 g/mol. The first-order valence-electron chi connectivity index (χ1n) is 6.75. The molecule has 1 aromatic heterocycles. The first-order chi connectivity index (χ1) is 9.93. The summed E-state index contributed by atoms with van der Waals surface area (Å²) in [5, 5.41) is 0. The van der Waals surface area contributed by atoms with Gasteiger partial charge in [-0.2, -0.15) is 13.2 Å². The van der Waals surface area contributed by atoms with E-state index in [0.29, 0.717) is 12.1 Å². The Bertz CT molecular complexity index is 608. The Hall–Kier alpha value is -1.88. The molecule has 2 rings (SSSR count). The zero-order valence-corrected chi connectivity index (χ0v) is 11.7. The van der Waals surface area contributed by atoms with Crippen LogP contribution in [0.5, 0.6) is 0 Å². The second-order valence-electron chi connectivity index (χ2n) is 5.03. The van der Waals surface area contributed by atoms with Crippen LogP contribution in [0.15, 0.2) is 42.7 Å². The Morgan fingerprint density at radius 2 is 1.90 bits per heavy atom. The van der Waals surface area contributed by atoms with Crippen LogP contribution in [0.4, 0.5) is 13.2 Å². The molecule has 0 spiro atoms. The van der Waals surface area contributed by atoms with Crippen molar-refractivity contribution in [1.82, 2.24) is 4.98 Å². The Kier molecular flexibility index (Phi) is 4.63. The molecule has 0 bridgehead atoms. The summed E-state index contributed by atoms with van der Waals surface area (Å²) in [4.78, 5) is 4.08. The maximum Gasteiger partial charge on any atom is 0.417 e. The fourth-order valence-corrected chi connectivity index (χ4v) is 2.27. The molecular formula is C16H17F3N2. The van der Waals surface area contributed by atoms with Crippen molar-refractivity contribution in [2.24, 2.45) is 5.73 Å². The van der Waals surface area contributed by atoms with E-state index in [4.69, 9.17) is 5.73 Å². The van der Waals surface area contributed by atoms with Gasteiger partial charge in [-0.05, 0) is 42.1 Å². The van der Waals surface area contributed by atoms with Crippen molar-refractivity contribution in [2.45, 2.75) is 25.4 Å². The number of hydrogen-bond acceptors (Lipinski definition) is 2. The summed E-state index contributed by atoms with van der Waals surface area (Å²) in [5.41, 5.74) is 6.41. The van der Waals surface area contributed by atoms with Gasteiger partial charge in [-0.15, -0.1) is 0 Å². The summed E-state index contributed by atoms with van der Waals surface area (Å²) in [6.45, 7) is 2.52. The highest BCUT2D eigenvalue weighted by molar-refractivity contribution is 5.67. The topological polar surface area (TPSA) is 38.9 Å². The van der Waals surface area contributed by atoms with E-state index >= 15 is 0 Å². The summed E-state index contributed by atoms with van der Waals surface area (Å²) >= 11 is 0. The summed E-state index contributed by atoms with van der Waals surface area (Å²) < 4.78 is 39.2. The van der Waals surface area contributed by atoms with E-state index < -0.39 is 11.7 Å². The second-order valence-corrected chi connectivity index (χ2v) is 5.03. The van der Waals surface area contributed by atoms with Crippen molar-refractivity contribution in [2.75, 3.05) is 6.54 Å². The second kappa shape index (κ2) is 6.26. The van der Waals surface area contributed by atoms with Gasteiger partial charge < -0.3 is 5.73 Å². The SMILES string of the molecule is CC(CCN)c1cncc(-c2ccccc2C(F)(F)F)c1. The molecule has 1 unspecified atom stereocenters. The Morgan fingerprint density at radius 3 is 2.57 bits per heavy atom. The Morgan fingerprint density at radius 1 is 1.19 bits per heavy atom. The van der Waals surface area contributed by atoms with E-state index in [0.717, 1.165) is 18.1 Å². The first-order valence-corrected chi connectivity index (χ1v) is 6.75. The van der Waals surface area contributed by atoms with Crippen LogP contribution in [-0.4, -0.2) is 11.5 Å². The van der Waals surface area contributed by atoms with Crippen molar-refractivity contribution in [3.63, 3.8) is 0 Å². The smallest absolute Gasteiger partial charge is 0.330 e. The summed E-state index contributed by atoms with van der Waals surface area (Å²) in [5.74, 6) is 0.167. The van der Waals surface area contributed by atoms with Gasteiger partial charge in [0.2, 0.25) is 0 Å². The van der Waals surface area contributed by atoms with Crippen LogP contribution in [0.25, 0.3) is 11.1 Å². The maximum absolute atomic E-state index is 13.1. The number of pyridine rings is 1. The largest absolute Gasteiger partial charge is 0.417 e. The maximum atomic E-state index is 13.1. The van der Waals surface area contributed by atoms with Crippen LogP contribution in [-0.2, 0) is 6.18 Å². The van der Waals surface area contributed by atoms with Crippen LogP contribution in [0.1, 0.15) is 30.4 Å². The minimum Gasteiger partial charge on any atom is -0.330 e. The molecule has 1 atom stereocenters. The zero-order valence-electron chi connectivity index (χ0n) is 11.7. The zero-order chi connectivity index (χ0) is 15.5. The highest BCUT2D eigenvalue weighted by Gasteiger charge is 2.33. The number of nitrogens with two attached hydrogens (primary N) is 1. The predicted molar refractivity (Wildman–Crippen MR) is 76.8 cm³/mol. The predicted octanol–water partition coefficient (Wildman–Crippen LogP) is 4.22. The molecule has 0 aliphatic heterocycles. The number of alkyl halides is 3. The van der Waals surface area contributed by atoms with E-state index in [2.05, 4.69) is 4.98 Å². The molecule has 2 nitrogen and oxygen atoms in total. The number of aromatic nitrogens is 1.